The molecule has 0 unspecified atom stereocenters. The summed E-state index contributed by atoms with van der Waals surface area (Å²) in [5.74, 6) is 0. The molecule has 0 saturated heterocycles. The van der Waals surface area contributed by atoms with Crippen molar-refractivity contribution in [2.75, 3.05) is 0 Å². The second kappa shape index (κ2) is 11.9. The van der Waals surface area contributed by atoms with Gasteiger partial charge in [-0.1, -0.05) is 37.5 Å². The van der Waals surface area contributed by atoms with E-state index in [0.29, 0.717) is 6.04 Å². The van der Waals surface area contributed by atoms with Crippen molar-refractivity contribution in [1.82, 2.24) is 0 Å². The minimum absolute atomic E-state index is 0.194. The third kappa shape index (κ3) is 7.17. The van der Waals surface area contributed by atoms with E-state index < -0.39 is 0 Å². The molecule has 2 aromatic rings. The molecule has 0 N–H and O–H groups in total. The van der Waals surface area contributed by atoms with Crippen molar-refractivity contribution in [2.24, 2.45) is 9.98 Å². The van der Waals surface area contributed by atoms with Gasteiger partial charge in [0.15, 0.2) is 0 Å². The van der Waals surface area contributed by atoms with Crippen molar-refractivity contribution < 1.29 is 13.1 Å². The number of para-hydroxylation sites is 1. The third-order valence-electron chi connectivity index (χ3n) is 4.32. The summed E-state index contributed by atoms with van der Waals surface area (Å²) < 4.78 is 0. The normalized spacial score (nSPS) is 16.3. The van der Waals surface area contributed by atoms with Crippen LogP contribution >= 0.6 is 31.5 Å². The first-order valence-corrected chi connectivity index (χ1v) is 12.6. The summed E-state index contributed by atoms with van der Waals surface area (Å²) in [6.45, 7) is 4.23. The Morgan fingerprint density at radius 3 is 2.12 bits per heavy atom. The van der Waals surface area contributed by atoms with Crippen LogP contribution in [-0.4, -0.2) is 17.5 Å². The van der Waals surface area contributed by atoms with Gasteiger partial charge in [-0.2, -0.15) is 0 Å². The number of rotatable bonds is 4. The minimum atomic E-state index is 0.194. The van der Waals surface area contributed by atoms with Gasteiger partial charge in [0, 0.05) is 15.5 Å². The molecule has 1 heterocycles. The molecule has 26 heavy (non-hydrogen) atoms. The SMILES string of the molecule is CC(=Nc1ccccc1)c1ccc(C(C)=NC2CCCCC2)s1.[Cl][Fe][Cl]. The first-order valence-electron chi connectivity index (χ1n) is 8.74. The van der Waals surface area contributed by atoms with E-state index in [1.54, 1.807) is 11.3 Å². The van der Waals surface area contributed by atoms with Gasteiger partial charge in [0.1, 0.15) is 0 Å². The molecule has 1 fully saturated rings. The summed E-state index contributed by atoms with van der Waals surface area (Å²) in [6.07, 6.45) is 6.55. The van der Waals surface area contributed by atoms with E-state index in [-0.39, 0.29) is 13.1 Å². The van der Waals surface area contributed by atoms with Gasteiger partial charge in [0.05, 0.1) is 17.4 Å². The molecule has 0 aliphatic heterocycles. The Labute approximate surface area is 175 Å². The Kier molecular flexibility index (Phi) is 9.95. The van der Waals surface area contributed by atoms with Crippen LogP contribution in [0.1, 0.15) is 55.7 Å². The predicted molar refractivity (Wildman–Crippen MR) is 113 cm³/mol. The molecule has 0 amide bonds. The summed E-state index contributed by atoms with van der Waals surface area (Å²) in [4.78, 5) is 12.2. The van der Waals surface area contributed by atoms with Gasteiger partial charge in [0.25, 0.3) is 0 Å². The molecule has 142 valence electrons. The van der Waals surface area contributed by atoms with Crippen molar-refractivity contribution in [2.45, 2.75) is 52.0 Å². The van der Waals surface area contributed by atoms with Gasteiger partial charge < -0.3 is 0 Å². The molecule has 1 aliphatic rings. The fourth-order valence-electron chi connectivity index (χ4n) is 3.03. The van der Waals surface area contributed by atoms with E-state index in [0.717, 1.165) is 11.4 Å². The standard InChI is InChI=1S/C20H24N2S.2ClH.Fe/c1-15(21-17-9-5-3-6-10-17)19-13-14-20(23-19)16(2)22-18-11-7-4-8-12-18;;;/h3,5-6,9-10,13-14,18H,4,7-8,11-12H2,1-2H3;2*1H;/q;;;+2/p-2. The molecule has 0 atom stereocenters. The summed E-state index contributed by atoms with van der Waals surface area (Å²) in [7, 11) is 9.53. The van der Waals surface area contributed by atoms with Crippen molar-refractivity contribution in [3.63, 3.8) is 0 Å². The average molecular weight is 451 g/mol. The topological polar surface area (TPSA) is 24.7 Å². The molecule has 2 nitrogen and oxygen atoms in total. The van der Waals surface area contributed by atoms with Gasteiger partial charge in [-0.05, 0) is 51.0 Å². The number of hydrogen-bond acceptors (Lipinski definition) is 3. The van der Waals surface area contributed by atoms with E-state index in [9.17, 15) is 0 Å². The quantitative estimate of drug-likeness (QED) is 0.342. The fourth-order valence-corrected chi connectivity index (χ4v) is 3.93. The fraction of sp³-hybridized carbons (Fsp3) is 0.400. The monoisotopic (exact) mass is 450 g/mol. The molecule has 6 heteroatoms. The summed E-state index contributed by atoms with van der Waals surface area (Å²) in [5.41, 5.74) is 3.26. The van der Waals surface area contributed by atoms with Gasteiger partial charge in [-0.15, -0.1) is 11.3 Å². The van der Waals surface area contributed by atoms with Gasteiger partial charge in [-0.3, -0.25) is 9.98 Å². The van der Waals surface area contributed by atoms with Crippen molar-refractivity contribution in [3.8, 4) is 0 Å². The molecule has 1 aromatic carbocycles. The molecule has 0 spiro atoms. The van der Waals surface area contributed by atoms with E-state index in [1.165, 1.54) is 47.6 Å². The molecule has 0 radical (unpaired) electrons. The van der Waals surface area contributed by atoms with Crippen LogP contribution in [0, 0.1) is 0 Å². The van der Waals surface area contributed by atoms with Crippen LogP contribution in [0.3, 0.4) is 0 Å². The molecule has 1 saturated carbocycles. The van der Waals surface area contributed by atoms with E-state index in [1.807, 2.05) is 30.3 Å². The number of nitrogens with zero attached hydrogens (tertiary/aromatic N) is 2. The Balaban J connectivity index is 0.000000758. The zero-order valence-electron chi connectivity index (χ0n) is 15.1. The molecular formula is C20H24Cl2FeN2S. The number of benzene rings is 1. The Bertz CT molecular complexity index is 722. The number of thiophene rings is 1. The molecule has 1 aromatic heterocycles. The van der Waals surface area contributed by atoms with Crippen LogP contribution in [0.2, 0.25) is 0 Å². The van der Waals surface area contributed by atoms with Crippen molar-refractivity contribution >= 4 is 48.6 Å². The van der Waals surface area contributed by atoms with Crippen molar-refractivity contribution in [1.29, 1.82) is 0 Å². The first kappa shape index (κ1) is 21.7. The maximum atomic E-state index is 4.95. The van der Waals surface area contributed by atoms with Crippen LogP contribution in [0.5, 0.6) is 0 Å². The second-order valence-electron chi connectivity index (χ2n) is 6.25. The summed E-state index contributed by atoms with van der Waals surface area (Å²) in [5, 5.41) is 0. The summed E-state index contributed by atoms with van der Waals surface area (Å²) >= 11 is 1.99. The van der Waals surface area contributed by atoms with Crippen LogP contribution < -0.4 is 0 Å². The van der Waals surface area contributed by atoms with E-state index in [4.69, 9.17) is 30.2 Å². The van der Waals surface area contributed by atoms with E-state index >= 15 is 0 Å². The van der Waals surface area contributed by atoms with Crippen LogP contribution in [0.15, 0.2) is 52.4 Å². The van der Waals surface area contributed by atoms with E-state index in [2.05, 4.69) is 26.0 Å². The zero-order chi connectivity index (χ0) is 18.8. The molecule has 0 bridgehead atoms. The first-order chi connectivity index (χ1) is 12.6. The second-order valence-corrected chi connectivity index (χ2v) is 9.16. The molecule has 1 aliphatic carbocycles. The molecular weight excluding hydrogens is 427 g/mol. The third-order valence-corrected chi connectivity index (χ3v) is 5.63. The average Bonchev–Trinajstić information content (AvgIpc) is 3.15. The van der Waals surface area contributed by atoms with Crippen LogP contribution in [0.4, 0.5) is 5.69 Å². The Morgan fingerprint density at radius 2 is 1.50 bits per heavy atom. The van der Waals surface area contributed by atoms with Gasteiger partial charge >= 0.3 is 33.3 Å². The molecule has 3 rings (SSSR count). The maximum absolute atomic E-state index is 4.95. The number of halogens is 2. The summed E-state index contributed by atoms with van der Waals surface area (Å²) in [6, 6.07) is 15.0. The van der Waals surface area contributed by atoms with Gasteiger partial charge in [-0.25, -0.2) is 0 Å². The van der Waals surface area contributed by atoms with Gasteiger partial charge in [0.2, 0.25) is 0 Å². The number of aliphatic imine (C=N–C) groups is 2. The van der Waals surface area contributed by atoms with Crippen LogP contribution in [0.25, 0.3) is 0 Å². The zero-order valence-corrected chi connectivity index (χ0v) is 18.5. The predicted octanol–water partition coefficient (Wildman–Crippen LogP) is 7.41. The van der Waals surface area contributed by atoms with Crippen LogP contribution in [-0.2, 0) is 13.1 Å². The van der Waals surface area contributed by atoms with Crippen molar-refractivity contribution in [3.05, 3.63) is 52.2 Å². The Hall–Kier alpha value is -0.641. The number of hydrogen-bond donors (Lipinski definition) is 0. The Morgan fingerprint density at radius 1 is 0.923 bits per heavy atom.